The van der Waals surface area contributed by atoms with E-state index < -0.39 is 0 Å². The fourth-order valence-electron chi connectivity index (χ4n) is 4.04. The van der Waals surface area contributed by atoms with Crippen LogP contribution in [0.5, 0.6) is 0 Å². The van der Waals surface area contributed by atoms with Crippen LogP contribution < -0.4 is 0 Å². The molecule has 0 saturated heterocycles. The molecule has 0 N–H and O–H groups in total. The van der Waals surface area contributed by atoms with Gasteiger partial charge in [0.15, 0.2) is 0 Å². The first-order valence-corrected chi connectivity index (χ1v) is 7.40. The summed E-state index contributed by atoms with van der Waals surface area (Å²) in [6, 6.07) is 7.13. The van der Waals surface area contributed by atoms with Crippen molar-refractivity contribution in [3.8, 4) is 11.1 Å². The maximum atomic E-state index is 2.44. The predicted octanol–water partition coefficient (Wildman–Crippen LogP) is 4.48. The van der Waals surface area contributed by atoms with Crippen LogP contribution in [0, 0.1) is 20.8 Å². The normalized spacial score (nSPS) is 15.3. The topological polar surface area (TPSA) is 0 Å². The fraction of sp³-hybridized carbons (Fsp3) is 0.368. The summed E-state index contributed by atoms with van der Waals surface area (Å²) >= 11 is 0. The lowest BCUT2D eigenvalue weighted by atomic mass is 9.72. The van der Waals surface area contributed by atoms with Gasteiger partial charge in [0.1, 0.15) is 0 Å². The third kappa shape index (κ3) is 1.40. The summed E-state index contributed by atoms with van der Waals surface area (Å²) in [5, 5.41) is 0. The van der Waals surface area contributed by atoms with Gasteiger partial charge in [0.25, 0.3) is 0 Å². The van der Waals surface area contributed by atoms with Gasteiger partial charge in [-0.2, -0.15) is 0 Å². The first kappa shape index (κ1) is 11.3. The van der Waals surface area contributed by atoms with Crippen molar-refractivity contribution in [2.24, 2.45) is 0 Å². The van der Waals surface area contributed by atoms with Crippen molar-refractivity contribution in [1.82, 2.24) is 0 Å². The van der Waals surface area contributed by atoms with Gasteiger partial charge >= 0.3 is 0 Å². The van der Waals surface area contributed by atoms with E-state index in [1.807, 2.05) is 0 Å². The summed E-state index contributed by atoms with van der Waals surface area (Å²) in [7, 11) is 0. The zero-order valence-electron chi connectivity index (χ0n) is 12.1. The minimum absolute atomic E-state index is 1.22. The molecule has 0 unspecified atom stereocenters. The average molecular weight is 248 g/mol. The van der Waals surface area contributed by atoms with E-state index in [1.54, 1.807) is 33.4 Å². The number of hydrogen-bond donors (Lipinski definition) is 0. The van der Waals surface area contributed by atoms with Gasteiger partial charge in [-0.25, -0.2) is 0 Å². The summed E-state index contributed by atoms with van der Waals surface area (Å²) in [4.78, 5) is 0. The zero-order chi connectivity index (χ0) is 13.1. The predicted molar refractivity (Wildman–Crippen MR) is 80.9 cm³/mol. The van der Waals surface area contributed by atoms with Crippen LogP contribution in [0.1, 0.15) is 38.9 Å². The SMILES string of the molecule is Cc1cc2c3c(c1C)CCc1ccc(C)c(c1-3)CC2. The molecule has 0 nitrogen and oxygen atoms in total. The Labute approximate surface area is 115 Å². The molecule has 2 aliphatic carbocycles. The van der Waals surface area contributed by atoms with E-state index >= 15 is 0 Å². The molecule has 0 saturated carbocycles. The van der Waals surface area contributed by atoms with E-state index in [9.17, 15) is 0 Å². The van der Waals surface area contributed by atoms with Crippen LogP contribution in [-0.2, 0) is 25.7 Å². The standard InChI is InChI=1S/C19H20/c1-11-4-5-14-6-9-17-13(3)12(2)10-15-7-8-16(11)18(14)19(15)17/h4-5,10H,6-9H2,1-3H3. The van der Waals surface area contributed by atoms with Gasteiger partial charge in [0.05, 0.1) is 0 Å². The van der Waals surface area contributed by atoms with Crippen molar-refractivity contribution in [2.75, 3.05) is 0 Å². The smallest absolute Gasteiger partial charge is 0.0111 e. The molecule has 0 bridgehead atoms. The highest BCUT2D eigenvalue weighted by Gasteiger charge is 2.27. The molecule has 96 valence electrons. The van der Waals surface area contributed by atoms with Crippen LogP contribution in [0.2, 0.25) is 0 Å². The molecule has 0 heterocycles. The van der Waals surface area contributed by atoms with Crippen molar-refractivity contribution < 1.29 is 0 Å². The maximum absolute atomic E-state index is 2.44. The fourth-order valence-corrected chi connectivity index (χ4v) is 4.04. The quantitative estimate of drug-likeness (QED) is 0.645. The third-order valence-corrected chi connectivity index (χ3v) is 5.23. The van der Waals surface area contributed by atoms with E-state index in [1.165, 1.54) is 42.4 Å². The first-order valence-electron chi connectivity index (χ1n) is 7.40. The van der Waals surface area contributed by atoms with Gasteiger partial charge in [0, 0.05) is 0 Å². The van der Waals surface area contributed by atoms with Crippen molar-refractivity contribution >= 4 is 0 Å². The molecule has 2 aliphatic rings. The largest absolute Gasteiger partial charge is 0.0587 e. The molecule has 0 aliphatic heterocycles. The van der Waals surface area contributed by atoms with Crippen LogP contribution in [0.4, 0.5) is 0 Å². The lowest BCUT2D eigenvalue weighted by Gasteiger charge is -2.32. The van der Waals surface area contributed by atoms with E-state index in [4.69, 9.17) is 0 Å². The summed E-state index contributed by atoms with van der Waals surface area (Å²) in [5.41, 5.74) is 14.1. The molecule has 0 spiro atoms. The molecule has 0 amide bonds. The monoisotopic (exact) mass is 248 g/mol. The Morgan fingerprint density at radius 3 is 2.21 bits per heavy atom. The molecule has 2 aromatic rings. The van der Waals surface area contributed by atoms with E-state index in [0.29, 0.717) is 0 Å². The lowest BCUT2D eigenvalue weighted by Crippen LogP contribution is -2.16. The molecule has 19 heavy (non-hydrogen) atoms. The van der Waals surface area contributed by atoms with Crippen LogP contribution in [0.25, 0.3) is 11.1 Å². The molecular formula is C19H20. The van der Waals surface area contributed by atoms with Crippen molar-refractivity contribution in [2.45, 2.75) is 46.5 Å². The van der Waals surface area contributed by atoms with E-state index in [0.717, 1.165) is 0 Å². The summed E-state index contributed by atoms with van der Waals surface area (Å²) in [6.07, 6.45) is 4.90. The minimum Gasteiger partial charge on any atom is -0.0587 e. The Morgan fingerprint density at radius 1 is 0.684 bits per heavy atom. The Morgan fingerprint density at radius 2 is 1.37 bits per heavy atom. The second kappa shape index (κ2) is 3.72. The highest BCUT2D eigenvalue weighted by Crippen LogP contribution is 2.45. The molecule has 0 fully saturated rings. The number of rotatable bonds is 0. The maximum Gasteiger partial charge on any atom is -0.0111 e. The highest BCUT2D eigenvalue weighted by atomic mass is 14.3. The first-order chi connectivity index (χ1) is 9.16. The van der Waals surface area contributed by atoms with Gasteiger partial charge in [-0.1, -0.05) is 18.2 Å². The van der Waals surface area contributed by atoms with Crippen LogP contribution in [0.3, 0.4) is 0 Å². The molecular weight excluding hydrogens is 228 g/mol. The number of benzene rings is 2. The Kier molecular flexibility index (Phi) is 2.21. The summed E-state index contributed by atoms with van der Waals surface area (Å²) < 4.78 is 0. The lowest BCUT2D eigenvalue weighted by molar-refractivity contribution is 0.860. The van der Waals surface area contributed by atoms with Gasteiger partial charge < -0.3 is 0 Å². The molecule has 0 radical (unpaired) electrons. The van der Waals surface area contributed by atoms with Gasteiger partial charge in [-0.15, -0.1) is 0 Å². The van der Waals surface area contributed by atoms with Crippen LogP contribution >= 0.6 is 0 Å². The van der Waals surface area contributed by atoms with Crippen molar-refractivity contribution in [3.63, 3.8) is 0 Å². The van der Waals surface area contributed by atoms with E-state index in [-0.39, 0.29) is 0 Å². The van der Waals surface area contributed by atoms with Gasteiger partial charge in [-0.3, -0.25) is 0 Å². The number of hydrogen-bond acceptors (Lipinski definition) is 0. The Balaban J connectivity index is 2.15. The highest BCUT2D eigenvalue weighted by molar-refractivity contribution is 5.83. The average Bonchev–Trinajstić information content (AvgIpc) is 2.42. The Hall–Kier alpha value is -1.56. The van der Waals surface area contributed by atoms with Gasteiger partial charge in [0.2, 0.25) is 0 Å². The zero-order valence-corrected chi connectivity index (χ0v) is 12.1. The summed E-state index contributed by atoms with van der Waals surface area (Å²) in [6.45, 7) is 6.85. The minimum atomic E-state index is 1.22. The van der Waals surface area contributed by atoms with Crippen LogP contribution in [-0.4, -0.2) is 0 Å². The molecule has 0 aromatic heterocycles. The van der Waals surface area contributed by atoms with E-state index in [2.05, 4.69) is 39.0 Å². The second-order valence-electron chi connectivity index (χ2n) is 6.23. The second-order valence-corrected chi connectivity index (χ2v) is 6.23. The molecule has 0 atom stereocenters. The molecule has 0 heteroatoms. The third-order valence-electron chi connectivity index (χ3n) is 5.23. The van der Waals surface area contributed by atoms with Gasteiger partial charge in [-0.05, 0) is 96.5 Å². The number of aryl methyl sites for hydroxylation is 4. The molecule has 2 aromatic carbocycles. The molecule has 4 rings (SSSR count). The summed E-state index contributed by atoms with van der Waals surface area (Å²) in [5.74, 6) is 0. The van der Waals surface area contributed by atoms with Crippen molar-refractivity contribution in [1.29, 1.82) is 0 Å². The Bertz CT molecular complexity index is 705. The van der Waals surface area contributed by atoms with Crippen molar-refractivity contribution in [3.05, 3.63) is 57.1 Å². The van der Waals surface area contributed by atoms with Crippen LogP contribution in [0.15, 0.2) is 18.2 Å².